The van der Waals surface area contributed by atoms with Gasteiger partial charge in [-0.15, -0.1) is 0 Å². The van der Waals surface area contributed by atoms with Crippen LogP contribution in [0.5, 0.6) is 0 Å². The molecule has 0 radical (unpaired) electrons. The van der Waals surface area contributed by atoms with Crippen LogP contribution >= 0.6 is 0 Å². The van der Waals surface area contributed by atoms with Gasteiger partial charge in [-0.05, 0) is 24.6 Å². The molecule has 1 aromatic carbocycles. The molecule has 0 saturated carbocycles. The van der Waals surface area contributed by atoms with Crippen molar-refractivity contribution in [2.24, 2.45) is 0 Å². The molecule has 5 nitrogen and oxygen atoms in total. The van der Waals surface area contributed by atoms with E-state index in [4.69, 9.17) is 10.00 Å². The highest BCUT2D eigenvalue weighted by Crippen LogP contribution is 2.13. The third kappa shape index (κ3) is 2.61. The number of nitrogens with zero attached hydrogens (tertiary/aromatic N) is 3. The normalized spacial score (nSPS) is 10.0. The summed E-state index contributed by atoms with van der Waals surface area (Å²) in [7, 11) is 0. The van der Waals surface area contributed by atoms with Gasteiger partial charge in [-0.3, -0.25) is 9.78 Å². The number of fused-ring (bicyclic) bond motifs is 1. The number of nitriles is 1. The zero-order chi connectivity index (χ0) is 13.0. The predicted octanol–water partition coefficient (Wildman–Crippen LogP) is 1.61. The van der Waals surface area contributed by atoms with E-state index in [-0.39, 0.29) is 18.1 Å². The average Bonchev–Trinajstić information content (AvgIpc) is 2.38. The van der Waals surface area contributed by atoms with Crippen LogP contribution in [-0.2, 0) is 16.0 Å². The van der Waals surface area contributed by atoms with Gasteiger partial charge < -0.3 is 4.74 Å². The summed E-state index contributed by atoms with van der Waals surface area (Å²) in [5, 5.41) is 8.72. The molecule has 0 N–H and O–H groups in total. The molecule has 2 aromatic rings. The van der Waals surface area contributed by atoms with Crippen LogP contribution in [0.15, 0.2) is 24.4 Å². The zero-order valence-corrected chi connectivity index (χ0v) is 9.88. The summed E-state index contributed by atoms with van der Waals surface area (Å²) >= 11 is 0. The summed E-state index contributed by atoms with van der Waals surface area (Å²) in [4.78, 5) is 19.6. The highest BCUT2D eigenvalue weighted by Gasteiger charge is 2.06. The predicted molar refractivity (Wildman–Crippen MR) is 64.6 cm³/mol. The van der Waals surface area contributed by atoms with Crippen molar-refractivity contribution in [3.8, 4) is 6.07 Å². The maximum absolute atomic E-state index is 11.3. The molecule has 5 heteroatoms. The van der Waals surface area contributed by atoms with E-state index < -0.39 is 0 Å². The van der Waals surface area contributed by atoms with E-state index in [1.54, 1.807) is 25.1 Å². The van der Waals surface area contributed by atoms with E-state index in [0.717, 1.165) is 5.56 Å². The molecule has 0 bridgehead atoms. The molecule has 0 amide bonds. The lowest BCUT2D eigenvalue weighted by Crippen LogP contribution is -2.07. The lowest BCUT2D eigenvalue weighted by molar-refractivity contribution is -0.142. The fraction of sp³-hybridized carbons (Fsp3) is 0.231. The standard InChI is InChI=1S/C13H11N3O2/c1-2-18-13(17)6-9-3-4-11-12(5-9)15-8-10(7-14)16-11/h3-5,8H,2,6H2,1H3. The molecule has 0 atom stereocenters. The second-order valence-corrected chi connectivity index (χ2v) is 3.67. The first kappa shape index (κ1) is 12.0. The maximum atomic E-state index is 11.3. The summed E-state index contributed by atoms with van der Waals surface area (Å²) in [6.07, 6.45) is 1.63. The lowest BCUT2D eigenvalue weighted by atomic mass is 10.1. The smallest absolute Gasteiger partial charge is 0.310 e. The minimum absolute atomic E-state index is 0.214. The number of rotatable bonds is 3. The maximum Gasteiger partial charge on any atom is 0.310 e. The SMILES string of the molecule is CCOC(=O)Cc1ccc2nc(C#N)cnc2c1. The zero-order valence-electron chi connectivity index (χ0n) is 9.88. The van der Waals surface area contributed by atoms with Crippen molar-refractivity contribution in [2.75, 3.05) is 6.61 Å². The number of hydrogen-bond acceptors (Lipinski definition) is 5. The molecule has 0 aliphatic carbocycles. The minimum Gasteiger partial charge on any atom is -0.466 e. The Kier molecular flexibility index (Phi) is 3.49. The number of ether oxygens (including phenoxy) is 1. The highest BCUT2D eigenvalue weighted by molar-refractivity contribution is 5.78. The Morgan fingerprint density at radius 1 is 1.44 bits per heavy atom. The van der Waals surface area contributed by atoms with Crippen molar-refractivity contribution in [1.82, 2.24) is 9.97 Å². The van der Waals surface area contributed by atoms with Gasteiger partial charge in [0.25, 0.3) is 0 Å². The first-order valence-electron chi connectivity index (χ1n) is 5.54. The van der Waals surface area contributed by atoms with Crippen LogP contribution < -0.4 is 0 Å². The van der Waals surface area contributed by atoms with Gasteiger partial charge >= 0.3 is 5.97 Å². The summed E-state index contributed by atoms with van der Waals surface area (Å²) in [5.74, 6) is -0.265. The van der Waals surface area contributed by atoms with E-state index in [1.807, 2.05) is 6.07 Å². The van der Waals surface area contributed by atoms with Gasteiger partial charge in [0, 0.05) is 0 Å². The highest BCUT2D eigenvalue weighted by atomic mass is 16.5. The van der Waals surface area contributed by atoms with Gasteiger partial charge in [-0.1, -0.05) is 6.07 Å². The van der Waals surface area contributed by atoms with Crippen LogP contribution in [0.2, 0.25) is 0 Å². The number of hydrogen-bond donors (Lipinski definition) is 0. The van der Waals surface area contributed by atoms with E-state index in [9.17, 15) is 4.79 Å². The van der Waals surface area contributed by atoms with Gasteiger partial charge in [-0.25, -0.2) is 4.98 Å². The molecule has 18 heavy (non-hydrogen) atoms. The van der Waals surface area contributed by atoms with Gasteiger partial charge in [-0.2, -0.15) is 5.26 Å². The van der Waals surface area contributed by atoms with Crippen LogP contribution in [0.4, 0.5) is 0 Å². The molecule has 1 aromatic heterocycles. The molecule has 1 heterocycles. The largest absolute Gasteiger partial charge is 0.466 e. The third-order valence-corrected chi connectivity index (χ3v) is 2.37. The second kappa shape index (κ2) is 5.23. The molecular formula is C13H11N3O2. The van der Waals surface area contributed by atoms with Crippen LogP contribution in [0, 0.1) is 11.3 Å². The number of esters is 1. The van der Waals surface area contributed by atoms with Crippen molar-refractivity contribution < 1.29 is 9.53 Å². The number of benzene rings is 1. The summed E-state index contributed by atoms with van der Waals surface area (Å²) < 4.78 is 4.88. The number of carbonyl (C=O) groups excluding carboxylic acids is 1. The fourth-order valence-corrected chi connectivity index (χ4v) is 1.60. The Morgan fingerprint density at radius 3 is 3.00 bits per heavy atom. The van der Waals surface area contributed by atoms with Crippen molar-refractivity contribution in [2.45, 2.75) is 13.3 Å². The Morgan fingerprint density at radius 2 is 2.28 bits per heavy atom. The first-order chi connectivity index (χ1) is 8.72. The number of aromatic nitrogens is 2. The Hall–Kier alpha value is -2.48. The van der Waals surface area contributed by atoms with Crippen LogP contribution in [0.3, 0.4) is 0 Å². The average molecular weight is 241 g/mol. The van der Waals surface area contributed by atoms with Crippen LogP contribution in [0.1, 0.15) is 18.2 Å². The van der Waals surface area contributed by atoms with E-state index in [2.05, 4.69) is 9.97 Å². The van der Waals surface area contributed by atoms with Crippen molar-refractivity contribution in [3.63, 3.8) is 0 Å². The van der Waals surface area contributed by atoms with Crippen molar-refractivity contribution in [1.29, 1.82) is 5.26 Å². The monoisotopic (exact) mass is 241 g/mol. The van der Waals surface area contributed by atoms with Crippen LogP contribution in [0.25, 0.3) is 11.0 Å². The molecule has 0 spiro atoms. The molecule has 0 aliphatic heterocycles. The Bertz CT molecular complexity index is 632. The van der Waals surface area contributed by atoms with E-state index in [0.29, 0.717) is 17.6 Å². The molecule has 0 aliphatic rings. The second-order valence-electron chi connectivity index (χ2n) is 3.67. The van der Waals surface area contributed by atoms with E-state index >= 15 is 0 Å². The van der Waals surface area contributed by atoms with Crippen molar-refractivity contribution in [3.05, 3.63) is 35.7 Å². The van der Waals surface area contributed by atoms with Gasteiger partial charge in [0.15, 0.2) is 5.69 Å². The van der Waals surface area contributed by atoms with Gasteiger partial charge in [0.05, 0.1) is 30.3 Å². The molecule has 0 fully saturated rings. The van der Waals surface area contributed by atoms with Gasteiger partial charge in [0.1, 0.15) is 6.07 Å². The third-order valence-electron chi connectivity index (χ3n) is 2.37. The summed E-state index contributed by atoms with van der Waals surface area (Å²) in [6, 6.07) is 7.25. The summed E-state index contributed by atoms with van der Waals surface area (Å²) in [6.45, 7) is 2.14. The molecule has 2 rings (SSSR count). The molecule has 0 unspecified atom stereocenters. The molecular weight excluding hydrogens is 230 g/mol. The Labute approximate surface area is 104 Å². The van der Waals surface area contributed by atoms with E-state index in [1.165, 1.54) is 6.20 Å². The quantitative estimate of drug-likeness (QED) is 0.763. The Balaban J connectivity index is 2.28. The van der Waals surface area contributed by atoms with Gasteiger partial charge in [0.2, 0.25) is 0 Å². The summed E-state index contributed by atoms with van der Waals surface area (Å²) in [5.41, 5.74) is 2.40. The van der Waals surface area contributed by atoms with Crippen molar-refractivity contribution >= 4 is 17.0 Å². The van der Waals surface area contributed by atoms with Crippen LogP contribution in [-0.4, -0.2) is 22.5 Å². The number of carbonyl (C=O) groups is 1. The molecule has 90 valence electrons. The fourth-order valence-electron chi connectivity index (χ4n) is 1.60. The first-order valence-corrected chi connectivity index (χ1v) is 5.54. The lowest BCUT2D eigenvalue weighted by Gasteiger charge is -2.03. The minimum atomic E-state index is -0.265. The molecule has 0 saturated heterocycles. The topological polar surface area (TPSA) is 75.9 Å².